The molecule has 23 heavy (non-hydrogen) atoms. The van der Waals surface area contributed by atoms with E-state index in [0.717, 1.165) is 31.9 Å². The van der Waals surface area contributed by atoms with Crippen molar-refractivity contribution in [3.63, 3.8) is 0 Å². The Hall–Kier alpha value is -1.83. The van der Waals surface area contributed by atoms with Crippen molar-refractivity contribution in [2.24, 2.45) is 7.05 Å². The van der Waals surface area contributed by atoms with E-state index >= 15 is 0 Å². The lowest BCUT2D eigenvalue weighted by Crippen LogP contribution is -2.42. The summed E-state index contributed by atoms with van der Waals surface area (Å²) < 4.78 is 7.68. The van der Waals surface area contributed by atoms with Gasteiger partial charge in [0.2, 0.25) is 0 Å². The molecule has 1 aromatic carbocycles. The zero-order valence-corrected chi connectivity index (χ0v) is 13.7. The number of hydrogen-bond acceptors (Lipinski definition) is 3. The monoisotopic (exact) mass is 309 g/mol. The molecule has 0 bridgehead atoms. The van der Waals surface area contributed by atoms with Crippen LogP contribution in [0.2, 0.25) is 0 Å². The molecule has 2 atom stereocenters. The molecule has 4 heteroatoms. The molecule has 2 fully saturated rings. The van der Waals surface area contributed by atoms with E-state index in [0.29, 0.717) is 12.0 Å². The largest absolute Gasteiger partial charge is 0.379 e. The second-order valence-corrected chi connectivity index (χ2v) is 6.85. The number of benzene rings is 1. The van der Waals surface area contributed by atoms with Gasteiger partial charge in [0, 0.05) is 43.3 Å². The van der Waals surface area contributed by atoms with E-state index < -0.39 is 0 Å². The van der Waals surface area contributed by atoms with Crippen LogP contribution >= 0.6 is 0 Å². The minimum Gasteiger partial charge on any atom is -0.379 e. The van der Waals surface area contributed by atoms with Crippen molar-refractivity contribution < 1.29 is 4.74 Å². The van der Waals surface area contributed by atoms with Crippen LogP contribution in [0.1, 0.15) is 36.3 Å². The average molecular weight is 309 g/mol. The van der Waals surface area contributed by atoms with Crippen molar-refractivity contribution >= 4 is 10.9 Å². The Balaban J connectivity index is 1.61. The molecule has 1 aromatic heterocycles. The van der Waals surface area contributed by atoms with Crippen molar-refractivity contribution in [2.45, 2.75) is 31.2 Å². The van der Waals surface area contributed by atoms with Gasteiger partial charge in [0.15, 0.2) is 0 Å². The maximum absolute atomic E-state index is 9.20. The maximum Gasteiger partial charge on any atom is 0.0991 e. The fourth-order valence-electron chi connectivity index (χ4n) is 4.33. The SMILES string of the molecule is Cn1cc(C2CCC(N3CCOCC3)C2)c2cc(C#N)ccc21. The van der Waals surface area contributed by atoms with E-state index in [1.54, 1.807) is 0 Å². The molecule has 2 aromatic rings. The highest BCUT2D eigenvalue weighted by Gasteiger charge is 2.32. The molecule has 4 rings (SSSR count). The molecule has 1 saturated heterocycles. The van der Waals surface area contributed by atoms with Crippen molar-refractivity contribution in [2.75, 3.05) is 26.3 Å². The van der Waals surface area contributed by atoms with Crippen LogP contribution in [-0.4, -0.2) is 41.8 Å². The zero-order valence-electron chi connectivity index (χ0n) is 13.7. The molecule has 1 saturated carbocycles. The number of hydrogen-bond donors (Lipinski definition) is 0. The van der Waals surface area contributed by atoms with Gasteiger partial charge >= 0.3 is 0 Å². The Bertz CT molecular complexity index is 752. The first-order valence-corrected chi connectivity index (χ1v) is 8.57. The van der Waals surface area contributed by atoms with Crippen molar-refractivity contribution in [3.05, 3.63) is 35.5 Å². The van der Waals surface area contributed by atoms with Gasteiger partial charge in [-0.25, -0.2) is 0 Å². The van der Waals surface area contributed by atoms with Gasteiger partial charge in [-0.1, -0.05) is 0 Å². The predicted octanol–water partition coefficient (Wildman–Crippen LogP) is 3.02. The van der Waals surface area contributed by atoms with Crippen LogP contribution in [0.4, 0.5) is 0 Å². The van der Waals surface area contributed by atoms with E-state index in [4.69, 9.17) is 4.74 Å². The lowest BCUT2D eigenvalue weighted by molar-refractivity contribution is 0.0177. The first-order chi connectivity index (χ1) is 11.3. The fraction of sp³-hybridized carbons (Fsp3) is 0.526. The molecular formula is C19H23N3O. The highest BCUT2D eigenvalue weighted by Crippen LogP contribution is 2.40. The Labute approximate surface area is 137 Å². The second-order valence-electron chi connectivity index (χ2n) is 6.85. The fourth-order valence-corrected chi connectivity index (χ4v) is 4.33. The van der Waals surface area contributed by atoms with Gasteiger partial charge < -0.3 is 9.30 Å². The van der Waals surface area contributed by atoms with E-state index in [9.17, 15) is 5.26 Å². The molecule has 2 unspecified atom stereocenters. The third kappa shape index (κ3) is 2.65. The molecule has 0 radical (unpaired) electrons. The minimum absolute atomic E-state index is 0.612. The van der Waals surface area contributed by atoms with Crippen LogP contribution in [0, 0.1) is 11.3 Å². The summed E-state index contributed by atoms with van der Waals surface area (Å²) in [6.45, 7) is 3.90. The number of fused-ring (bicyclic) bond motifs is 1. The third-order valence-corrected chi connectivity index (χ3v) is 5.56. The molecule has 2 heterocycles. The summed E-state index contributed by atoms with van der Waals surface area (Å²) in [4.78, 5) is 2.61. The maximum atomic E-state index is 9.20. The average Bonchev–Trinajstić information content (AvgIpc) is 3.20. The predicted molar refractivity (Wildman–Crippen MR) is 90.4 cm³/mol. The highest BCUT2D eigenvalue weighted by molar-refractivity contribution is 5.85. The van der Waals surface area contributed by atoms with Gasteiger partial charge in [-0.2, -0.15) is 5.26 Å². The van der Waals surface area contributed by atoms with Gasteiger partial charge in [0.25, 0.3) is 0 Å². The summed E-state index contributed by atoms with van der Waals surface area (Å²) in [5, 5.41) is 10.5. The van der Waals surface area contributed by atoms with Crippen molar-refractivity contribution in [3.8, 4) is 6.07 Å². The highest BCUT2D eigenvalue weighted by atomic mass is 16.5. The van der Waals surface area contributed by atoms with Crippen LogP contribution in [0.15, 0.2) is 24.4 Å². The van der Waals surface area contributed by atoms with Gasteiger partial charge in [0.05, 0.1) is 24.8 Å². The summed E-state index contributed by atoms with van der Waals surface area (Å²) in [6, 6.07) is 9.02. The van der Waals surface area contributed by atoms with Gasteiger partial charge in [-0.3, -0.25) is 4.90 Å². The quantitative estimate of drug-likeness (QED) is 0.856. The molecule has 2 aliphatic rings. The number of nitriles is 1. The van der Waals surface area contributed by atoms with E-state index in [1.165, 1.54) is 35.7 Å². The Kier molecular flexibility index (Phi) is 3.84. The van der Waals surface area contributed by atoms with Crippen molar-refractivity contribution in [1.82, 2.24) is 9.47 Å². The van der Waals surface area contributed by atoms with E-state index in [-0.39, 0.29) is 0 Å². The Morgan fingerprint density at radius 2 is 2.04 bits per heavy atom. The van der Waals surface area contributed by atoms with Crippen LogP contribution in [0.5, 0.6) is 0 Å². The van der Waals surface area contributed by atoms with Gasteiger partial charge in [-0.15, -0.1) is 0 Å². The van der Waals surface area contributed by atoms with Crippen LogP contribution in [0.3, 0.4) is 0 Å². The molecule has 1 aliphatic heterocycles. The smallest absolute Gasteiger partial charge is 0.0991 e. The molecule has 4 nitrogen and oxygen atoms in total. The number of aromatic nitrogens is 1. The lowest BCUT2D eigenvalue weighted by Gasteiger charge is -2.32. The number of morpholine rings is 1. The second kappa shape index (κ2) is 5.99. The van der Waals surface area contributed by atoms with Gasteiger partial charge in [0.1, 0.15) is 0 Å². The summed E-state index contributed by atoms with van der Waals surface area (Å²) in [7, 11) is 2.10. The molecule has 120 valence electrons. The Morgan fingerprint density at radius 3 is 2.83 bits per heavy atom. The lowest BCUT2D eigenvalue weighted by atomic mass is 9.96. The third-order valence-electron chi connectivity index (χ3n) is 5.56. The van der Waals surface area contributed by atoms with Crippen LogP contribution < -0.4 is 0 Å². The van der Waals surface area contributed by atoms with Crippen LogP contribution in [0.25, 0.3) is 10.9 Å². The molecule has 1 aliphatic carbocycles. The summed E-state index contributed by atoms with van der Waals surface area (Å²) in [5.41, 5.74) is 3.41. The van der Waals surface area contributed by atoms with Gasteiger partial charge in [-0.05, 0) is 48.9 Å². The van der Waals surface area contributed by atoms with E-state index in [2.05, 4.69) is 40.9 Å². The topological polar surface area (TPSA) is 41.2 Å². The molecule has 0 amide bonds. The molecular weight excluding hydrogens is 286 g/mol. The minimum atomic E-state index is 0.612. The summed E-state index contributed by atoms with van der Waals surface area (Å²) in [5.74, 6) is 0.612. The van der Waals surface area contributed by atoms with E-state index in [1.807, 2.05) is 6.07 Å². The number of aryl methyl sites for hydroxylation is 1. The number of rotatable bonds is 2. The van der Waals surface area contributed by atoms with Crippen LogP contribution in [-0.2, 0) is 11.8 Å². The summed E-state index contributed by atoms with van der Waals surface area (Å²) >= 11 is 0. The summed E-state index contributed by atoms with van der Waals surface area (Å²) in [6.07, 6.45) is 6.03. The number of ether oxygens (including phenoxy) is 1. The molecule has 0 N–H and O–H groups in total. The normalized spacial score (nSPS) is 25.7. The standard InChI is InChI=1S/C19H23N3O/c1-21-13-18(17-10-14(12-20)2-5-19(17)21)15-3-4-16(11-15)22-6-8-23-9-7-22/h2,5,10,13,15-16H,3-4,6-9,11H2,1H3. The molecule has 0 spiro atoms. The zero-order chi connectivity index (χ0) is 15.8. The Morgan fingerprint density at radius 1 is 1.22 bits per heavy atom. The number of nitrogens with zero attached hydrogens (tertiary/aromatic N) is 3. The first-order valence-electron chi connectivity index (χ1n) is 8.57. The first kappa shape index (κ1) is 14.7. The van der Waals surface area contributed by atoms with Crippen molar-refractivity contribution in [1.29, 1.82) is 5.26 Å².